The van der Waals surface area contributed by atoms with Gasteiger partial charge in [-0.2, -0.15) is 0 Å². The van der Waals surface area contributed by atoms with Gasteiger partial charge in [-0.3, -0.25) is 4.79 Å². The second-order valence-electron chi connectivity index (χ2n) is 11.7. The fraction of sp³-hybridized carbons (Fsp3) is 0.789. The van der Waals surface area contributed by atoms with Gasteiger partial charge in [-0.05, 0) is 12.0 Å². The van der Waals surface area contributed by atoms with E-state index in [0.29, 0.717) is 119 Å². The Kier molecular flexibility index (Phi) is 35.6. The summed E-state index contributed by atoms with van der Waals surface area (Å²) in [5.41, 5.74) is 0.937. The number of alkyl carbamates (subject to hydrolysis) is 1. The summed E-state index contributed by atoms with van der Waals surface area (Å²) >= 11 is 0. The van der Waals surface area contributed by atoms with E-state index in [1.54, 1.807) is 0 Å². The highest BCUT2D eigenvalue weighted by atomic mass is 16.6. The van der Waals surface area contributed by atoms with Crippen LogP contribution in [0.3, 0.4) is 0 Å². The van der Waals surface area contributed by atoms with Crippen LogP contribution in [0.2, 0.25) is 0 Å². The van der Waals surface area contributed by atoms with Crippen LogP contribution in [0, 0.1) is 0 Å². The van der Waals surface area contributed by atoms with Crippen molar-refractivity contribution in [3.8, 4) is 0 Å². The van der Waals surface area contributed by atoms with E-state index in [1.165, 1.54) is 44.9 Å². The predicted octanol–water partition coefficient (Wildman–Crippen LogP) is 5.51. The van der Waals surface area contributed by atoms with Crippen LogP contribution in [-0.2, 0) is 58.8 Å². The van der Waals surface area contributed by atoms with Crippen molar-refractivity contribution in [1.82, 2.24) is 5.32 Å². The largest absolute Gasteiger partial charge is 0.463 e. The number of amides is 1. The Morgan fingerprint density at radius 3 is 1.31 bits per heavy atom. The Morgan fingerprint density at radius 2 is 0.863 bits per heavy atom. The summed E-state index contributed by atoms with van der Waals surface area (Å²) in [5, 5.41) is 2.64. The van der Waals surface area contributed by atoms with E-state index in [1.807, 2.05) is 30.3 Å². The Hall–Kier alpha value is -2.36. The Balaban J connectivity index is 1.66. The maximum atomic E-state index is 11.8. The SMILES string of the molecule is CCCCCCCCCCCC(=O)OCCOCCOCCOCCOCCOCCOCCOCCOCCNC(=O)OCc1ccccc1. The maximum absolute atomic E-state index is 11.8. The number of hydrogen-bond acceptors (Lipinski definition) is 12. The maximum Gasteiger partial charge on any atom is 0.407 e. The van der Waals surface area contributed by atoms with Gasteiger partial charge in [-0.25, -0.2) is 4.79 Å². The third kappa shape index (κ3) is 35.8. The molecule has 1 aromatic carbocycles. The van der Waals surface area contributed by atoms with Gasteiger partial charge in [0.2, 0.25) is 0 Å². The van der Waals surface area contributed by atoms with E-state index in [4.69, 9.17) is 47.4 Å². The fourth-order valence-electron chi connectivity index (χ4n) is 4.51. The summed E-state index contributed by atoms with van der Waals surface area (Å²) < 4.78 is 54.1. The Bertz CT molecular complexity index is 880. The molecule has 13 nitrogen and oxygen atoms in total. The summed E-state index contributed by atoms with van der Waals surface area (Å²) in [6.07, 6.45) is 11.1. The number of nitrogens with one attached hydrogen (secondary N) is 1. The minimum Gasteiger partial charge on any atom is -0.463 e. The molecule has 1 rings (SSSR count). The number of esters is 1. The lowest BCUT2D eigenvalue weighted by Crippen LogP contribution is -2.28. The second-order valence-corrected chi connectivity index (χ2v) is 11.7. The van der Waals surface area contributed by atoms with Crippen molar-refractivity contribution in [2.45, 2.75) is 77.7 Å². The minimum atomic E-state index is -0.470. The zero-order valence-corrected chi connectivity index (χ0v) is 31.3. The summed E-state index contributed by atoms with van der Waals surface area (Å²) in [6.45, 7) is 10.5. The van der Waals surface area contributed by atoms with E-state index < -0.39 is 6.09 Å². The van der Waals surface area contributed by atoms with Gasteiger partial charge in [-0.15, -0.1) is 0 Å². The van der Waals surface area contributed by atoms with Crippen molar-refractivity contribution >= 4 is 12.1 Å². The van der Waals surface area contributed by atoms with Crippen LogP contribution in [0.25, 0.3) is 0 Å². The third-order valence-corrected chi connectivity index (χ3v) is 7.31. The highest BCUT2D eigenvalue weighted by Gasteiger charge is 2.04. The molecule has 0 aliphatic rings. The lowest BCUT2D eigenvalue weighted by atomic mass is 10.1. The molecular weight excluding hydrogens is 662 g/mol. The van der Waals surface area contributed by atoms with Crippen LogP contribution in [-0.4, -0.2) is 131 Å². The summed E-state index contributed by atoms with van der Waals surface area (Å²) in [4.78, 5) is 23.4. The summed E-state index contributed by atoms with van der Waals surface area (Å²) in [7, 11) is 0. The first-order valence-corrected chi connectivity index (χ1v) is 18.9. The van der Waals surface area contributed by atoms with Gasteiger partial charge in [0.15, 0.2) is 0 Å². The Morgan fingerprint density at radius 1 is 0.471 bits per heavy atom. The standard InChI is InChI=1S/C38H67NO12/c1-2-3-4-5-6-7-8-9-13-16-37(40)50-34-33-49-32-31-48-30-29-47-28-27-46-26-25-45-24-23-44-22-21-43-20-19-42-18-17-39-38(41)51-35-36-14-11-10-12-15-36/h10-12,14-15H,2-9,13,16-35H2,1H3,(H,39,41). The van der Waals surface area contributed by atoms with Crippen LogP contribution in [0.5, 0.6) is 0 Å². The lowest BCUT2D eigenvalue weighted by molar-refractivity contribution is -0.145. The van der Waals surface area contributed by atoms with Crippen molar-refractivity contribution in [1.29, 1.82) is 0 Å². The van der Waals surface area contributed by atoms with Gasteiger partial charge >= 0.3 is 12.1 Å². The smallest absolute Gasteiger partial charge is 0.407 e. The summed E-state index contributed by atoms with van der Waals surface area (Å²) in [5.74, 6) is -0.141. The van der Waals surface area contributed by atoms with Gasteiger partial charge in [0, 0.05) is 13.0 Å². The average Bonchev–Trinajstić information content (AvgIpc) is 3.14. The van der Waals surface area contributed by atoms with Crippen LogP contribution < -0.4 is 5.32 Å². The number of hydrogen-bond donors (Lipinski definition) is 1. The van der Waals surface area contributed by atoms with E-state index in [-0.39, 0.29) is 19.2 Å². The number of carbonyl (C=O) groups is 2. The molecule has 51 heavy (non-hydrogen) atoms. The topological polar surface area (TPSA) is 138 Å². The number of rotatable bonds is 39. The van der Waals surface area contributed by atoms with Crippen LogP contribution in [0.1, 0.15) is 76.7 Å². The van der Waals surface area contributed by atoms with Gasteiger partial charge in [0.1, 0.15) is 13.2 Å². The molecular formula is C38H67NO12. The van der Waals surface area contributed by atoms with Crippen molar-refractivity contribution < 1.29 is 57.0 Å². The number of unbranched alkanes of at least 4 members (excludes halogenated alkanes) is 8. The molecule has 0 atom stereocenters. The average molecular weight is 730 g/mol. The highest BCUT2D eigenvalue weighted by molar-refractivity contribution is 5.69. The molecule has 0 fully saturated rings. The lowest BCUT2D eigenvalue weighted by Gasteiger charge is -2.09. The quantitative estimate of drug-likeness (QED) is 0.0676. The van der Waals surface area contributed by atoms with Crippen LogP contribution >= 0.6 is 0 Å². The predicted molar refractivity (Wildman–Crippen MR) is 194 cm³/mol. The van der Waals surface area contributed by atoms with Crippen molar-refractivity contribution in [2.75, 3.05) is 119 Å². The van der Waals surface area contributed by atoms with Crippen LogP contribution in [0.4, 0.5) is 4.79 Å². The molecule has 1 aromatic rings. The Labute approximate surface area is 306 Å². The number of ether oxygens (including phenoxy) is 10. The molecule has 0 bridgehead atoms. The molecule has 0 unspecified atom stereocenters. The third-order valence-electron chi connectivity index (χ3n) is 7.31. The van der Waals surface area contributed by atoms with E-state index in [0.717, 1.165) is 18.4 Å². The van der Waals surface area contributed by atoms with Crippen molar-refractivity contribution in [3.63, 3.8) is 0 Å². The normalized spacial score (nSPS) is 11.2. The molecule has 0 radical (unpaired) electrons. The molecule has 0 aliphatic heterocycles. The summed E-state index contributed by atoms with van der Waals surface area (Å²) in [6, 6.07) is 9.51. The molecule has 0 spiro atoms. The molecule has 0 heterocycles. The molecule has 1 N–H and O–H groups in total. The first-order chi connectivity index (χ1) is 25.2. The molecule has 296 valence electrons. The number of carbonyl (C=O) groups excluding carboxylic acids is 2. The van der Waals surface area contributed by atoms with Crippen molar-refractivity contribution in [2.24, 2.45) is 0 Å². The van der Waals surface area contributed by atoms with Gasteiger partial charge in [0.05, 0.1) is 106 Å². The highest BCUT2D eigenvalue weighted by Crippen LogP contribution is 2.10. The van der Waals surface area contributed by atoms with E-state index in [2.05, 4.69) is 12.2 Å². The van der Waals surface area contributed by atoms with E-state index in [9.17, 15) is 9.59 Å². The molecule has 13 heteroatoms. The van der Waals surface area contributed by atoms with Crippen LogP contribution in [0.15, 0.2) is 30.3 Å². The fourth-order valence-corrected chi connectivity index (χ4v) is 4.51. The molecule has 0 aliphatic carbocycles. The van der Waals surface area contributed by atoms with Gasteiger partial charge in [-0.1, -0.05) is 88.6 Å². The zero-order valence-electron chi connectivity index (χ0n) is 31.3. The molecule has 0 aromatic heterocycles. The zero-order chi connectivity index (χ0) is 36.6. The van der Waals surface area contributed by atoms with Gasteiger partial charge in [0.25, 0.3) is 0 Å². The first-order valence-electron chi connectivity index (χ1n) is 18.9. The van der Waals surface area contributed by atoms with Gasteiger partial charge < -0.3 is 52.7 Å². The van der Waals surface area contributed by atoms with E-state index >= 15 is 0 Å². The molecule has 0 saturated heterocycles. The number of benzene rings is 1. The second kappa shape index (κ2) is 38.9. The molecule has 1 amide bonds. The first kappa shape index (κ1) is 46.7. The molecule has 0 saturated carbocycles. The van der Waals surface area contributed by atoms with Crippen molar-refractivity contribution in [3.05, 3.63) is 35.9 Å². The monoisotopic (exact) mass is 729 g/mol. The minimum absolute atomic E-state index is 0.141.